The van der Waals surface area contributed by atoms with Gasteiger partial charge >= 0.3 is 0 Å². The first kappa shape index (κ1) is 15.6. The molecule has 0 aliphatic heterocycles. The van der Waals surface area contributed by atoms with Gasteiger partial charge in [0.25, 0.3) is 5.91 Å². The van der Waals surface area contributed by atoms with Crippen molar-refractivity contribution in [2.24, 2.45) is 0 Å². The number of amides is 1. The third-order valence-corrected chi connectivity index (χ3v) is 4.68. The van der Waals surface area contributed by atoms with Gasteiger partial charge in [-0.1, -0.05) is 35.1 Å². The fourth-order valence-electron chi connectivity index (χ4n) is 2.17. The number of thiazole rings is 1. The number of nitrogens with zero attached hydrogens (tertiary/aromatic N) is 1. The molecular formula is C16H13ClN2O3S. The Kier molecular flexibility index (Phi) is 4.36. The summed E-state index contributed by atoms with van der Waals surface area (Å²) >= 11 is 7.48. The number of rotatable bonds is 4. The summed E-state index contributed by atoms with van der Waals surface area (Å²) in [6.45, 7) is 0. The van der Waals surface area contributed by atoms with E-state index in [4.69, 9.17) is 21.1 Å². The van der Waals surface area contributed by atoms with Gasteiger partial charge in [-0.3, -0.25) is 10.1 Å². The number of carbonyl (C=O) groups excluding carboxylic acids is 1. The van der Waals surface area contributed by atoms with Crippen molar-refractivity contribution >= 4 is 44.2 Å². The molecule has 0 saturated heterocycles. The summed E-state index contributed by atoms with van der Waals surface area (Å²) in [6.07, 6.45) is 0. The summed E-state index contributed by atoms with van der Waals surface area (Å²) in [5.41, 5.74) is 1.06. The molecule has 3 rings (SSSR count). The summed E-state index contributed by atoms with van der Waals surface area (Å²) in [4.78, 5) is 16.8. The second kappa shape index (κ2) is 6.44. The average molecular weight is 349 g/mol. The quantitative estimate of drug-likeness (QED) is 0.766. The van der Waals surface area contributed by atoms with Gasteiger partial charge in [0, 0.05) is 0 Å². The molecule has 3 aromatic rings. The first-order valence-electron chi connectivity index (χ1n) is 6.71. The molecule has 0 fully saturated rings. The van der Waals surface area contributed by atoms with Gasteiger partial charge in [0.1, 0.15) is 17.0 Å². The molecule has 0 radical (unpaired) electrons. The van der Waals surface area contributed by atoms with Gasteiger partial charge in [-0.2, -0.15) is 0 Å². The monoisotopic (exact) mass is 348 g/mol. The van der Waals surface area contributed by atoms with Gasteiger partial charge in [0.2, 0.25) is 0 Å². The second-order valence-electron chi connectivity index (χ2n) is 4.60. The Morgan fingerprint density at radius 3 is 2.61 bits per heavy atom. The minimum atomic E-state index is -0.295. The Labute approximate surface area is 141 Å². The van der Waals surface area contributed by atoms with E-state index >= 15 is 0 Å². The van der Waals surface area contributed by atoms with Crippen molar-refractivity contribution in [3.63, 3.8) is 0 Å². The first-order valence-corrected chi connectivity index (χ1v) is 7.91. The third kappa shape index (κ3) is 2.95. The van der Waals surface area contributed by atoms with E-state index in [1.54, 1.807) is 43.5 Å². The Bertz CT molecular complexity index is 879. The largest absolute Gasteiger partial charge is 0.496 e. The highest BCUT2D eigenvalue weighted by Gasteiger charge is 2.16. The average Bonchev–Trinajstić information content (AvgIpc) is 2.99. The van der Waals surface area contributed by atoms with Crippen LogP contribution in [0, 0.1) is 0 Å². The predicted octanol–water partition coefficient (Wildman–Crippen LogP) is 4.22. The Morgan fingerprint density at radius 1 is 1.13 bits per heavy atom. The third-order valence-electron chi connectivity index (χ3n) is 3.25. The highest BCUT2D eigenvalue weighted by Crippen LogP contribution is 2.37. The molecule has 0 aliphatic carbocycles. The number of hydrogen-bond acceptors (Lipinski definition) is 5. The van der Waals surface area contributed by atoms with Gasteiger partial charge in [-0.05, 0) is 24.3 Å². The molecule has 5 nitrogen and oxygen atoms in total. The molecule has 0 atom stereocenters. The molecule has 1 N–H and O–H groups in total. The van der Waals surface area contributed by atoms with Crippen molar-refractivity contribution in [3.8, 4) is 11.5 Å². The number of para-hydroxylation sites is 1. The molecule has 0 unspecified atom stereocenters. The summed E-state index contributed by atoms with van der Waals surface area (Å²) < 4.78 is 11.2. The number of nitrogens with one attached hydrogen (secondary N) is 1. The molecule has 0 saturated carbocycles. The van der Waals surface area contributed by atoms with Crippen molar-refractivity contribution in [2.45, 2.75) is 0 Å². The van der Waals surface area contributed by atoms with Crippen LogP contribution in [0.3, 0.4) is 0 Å². The van der Waals surface area contributed by atoms with Crippen LogP contribution in [-0.4, -0.2) is 25.1 Å². The van der Waals surface area contributed by atoms with E-state index in [1.165, 1.54) is 18.4 Å². The van der Waals surface area contributed by atoms with E-state index in [1.807, 2.05) is 0 Å². The zero-order valence-electron chi connectivity index (χ0n) is 12.4. The maximum atomic E-state index is 12.4. The molecule has 0 spiro atoms. The van der Waals surface area contributed by atoms with E-state index in [-0.39, 0.29) is 5.91 Å². The lowest BCUT2D eigenvalue weighted by molar-refractivity contribution is 0.102. The lowest BCUT2D eigenvalue weighted by atomic mass is 10.2. The van der Waals surface area contributed by atoms with Crippen LogP contribution in [-0.2, 0) is 0 Å². The number of hydrogen-bond donors (Lipinski definition) is 1. The molecule has 1 aromatic heterocycles. The van der Waals surface area contributed by atoms with Gasteiger partial charge < -0.3 is 9.47 Å². The fraction of sp³-hybridized carbons (Fsp3) is 0.125. The van der Waals surface area contributed by atoms with Crippen molar-refractivity contribution < 1.29 is 14.3 Å². The van der Waals surface area contributed by atoms with E-state index in [0.717, 1.165) is 4.70 Å². The summed E-state index contributed by atoms with van der Waals surface area (Å²) in [6, 6.07) is 10.5. The molecule has 0 aliphatic rings. The number of benzene rings is 2. The van der Waals surface area contributed by atoms with Crippen molar-refractivity contribution in [3.05, 3.63) is 47.0 Å². The van der Waals surface area contributed by atoms with E-state index in [2.05, 4.69) is 10.3 Å². The molecule has 118 valence electrons. The van der Waals surface area contributed by atoms with Crippen LogP contribution in [0.4, 0.5) is 5.13 Å². The molecular weight excluding hydrogens is 336 g/mol. The minimum Gasteiger partial charge on any atom is -0.496 e. The zero-order chi connectivity index (χ0) is 16.4. The topological polar surface area (TPSA) is 60.5 Å². The standard InChI is InChI=1S/C16H13ClN2O3S/c1-21-11-6-4-3-5-9(11)15(20)19-16-18-13-12(22-2)8-7-10(17)14(13)23-16/h3-8H,1-2H3,(H,18,19,20). The Balaban J connectivity index is 1.95. The number of halogens is 1. The van der Waals surface area contributed by atoms with Crippen LogP contribution in [0.25, 0.3) is 10.2 Å². The summed E-state index contributed by atoms with van der Waals surface area (Å²) in [7, 11) is 3.09. The number of ether oxygens (including phenoxy) is 2. The van der Waals surface area contributed by atoms with Crippen LogP contribution in [0.5, 0.6) is 11.5 Å². The number of aromatic nitrogens is 1. The molecule has 1 amide bonds. The van der Waals surface area contributed by atoms with Gasteiger partial charge in [0.15, 0.2) is 5.13 Å². The van der Waals surface area contributed by atoms with Crippen molar-refractivity contribution in [1.29, 1.82) is 0 Å². The van der Waals surface area contributed by atoms with Gasteiger partial charge in [-0.15, -0.1) is 0 Å². The van der Waals surface area contributed by atoms with Crippen LogP contribution in [0.2, 0.25) is 5.02 Å². The fourth-order valence-corrected chi connectivity index (χ4v) is 3.32. The second-order valence-corrected chi connectivity index (χ2v) is 6.01. The lowest BCUT2D eigenvalue weighted by Gasteiger charge is -2.06. The predicted molar refractivity (Wildman–Crippen MR) is 92.1 cm³/mol. The molecule has 0 bridgehead atoms. The van der Waals surface area contributed by atoms with Crippen molar-refractivity contribution in [1.82, 2.24) is 4.98 Å². The summed E-state index contributed by atoms with van der Waals surface area (Å²) in [5, 5.41) is 3.79. The Hall–Kier alpha value is -2.31. The maximum absolute atomic E-state index is 12.4. The number of carbonyl (C=O) groups is 1. The SMILES string of the molecule is COc1ccccc1C(=O)Nc1nc2c(OC)ccc(Cl)c2s1. The van der Waals surface area contributed by atoms with Crippen LogP contribution in [0.1, 0.15) is 10.4 Å². The van der Waals surface area contributed by atoms with E-state index < -0.39 is 0 Å². The molecule has 1 heterocycles. The van der Waals surface area contributed by atoms with E-state index in [9.17, 15) is 4.79 Å². The van der Waals surface area contributed by atoms with Crippen LogP contribution in [0.15, 0.2) is 36.4 Å². The lowest BCUT2D eigenvalue weighted by Crippen LogP contribution is -2.12. The van der Waals surface area contributed by atoms with Crippen LogP contribution >= 0.6 is 22.9 Å². The van der Waals surface area contributed by atoms with Gasteiger partial charge in [0.05, 0.1) is 29.5 Å². The Morgan fingerprint density at radius 2 is 1.87 bits per heavy atom. The van der Waals surface area contributed by atoms with Gasteiger partial charge in [-0.25, -0.2) is 4.98 Å². The minimum absolute atomic E-state index is 0.295. The highest BCUT2D eigenvalue weighted by molar-refractivity contribution is 7.23. The summed E-state index contributed by atoms with van der Waals surface area (Å²) in [5.74, 6) is 0.816. The zero-order valence-corrected chi connectivity index (χ0v) is 14.0. The first-order chi connectivity index (χ1) is 11.1. The molecule has 7 heteroatoms. The number of anilines is 1. The highest BCUT2D eigenvalue weighted by atomic mass is 35.5. The molecule has 23 heavy (non-hydrogen) atoms. The number of fused-ring (bicyclic) bond motifs is 1. The van der Waals surface area contributed by atoms with E-state index in [0.29, 0.717) is 32.7 Å². The maximum Gasteiger partial charge on any atom is 0.261 e. The normalized spacial score (nSPS) is 10.6. The number of methoxy groups -OCH3 is 2. The van der Waals surface area contributed by atoms with Crippen LogP contribution < -0.4 is 14.8 Å². The molecule has 2 aromatic carbocycles. The van der Waals surface area contributed by atoms with Crippen molar-refractivity contribution in [2.75, 3.05) is 19.5 Å². The smallest absolute Gasteiger partial charge is 0.261 e.